The minimum Gasteiger partial charge on any atom is -0.497 e. The van der Waals surface area contributed by atoms with Gasteiger partial charge >= 0.3 is 5.97 Å². The number of hydrogen-bond donors (Lipinski definition) is 1. The molecule has 0 spiro atoms. The molecule has 2 unspecified atom stereocenters. The molecule has 0 amide bonds. The number of allylic oxidation sites excluding steroid dienone is 1. The number of methoxy groups -OCH3 is 3. The smallest absolute Gasteiger partial charge is 0.318 e. The maximum absolute atomic E-state index is 11.4. The molecule has 5 nitrogen and oxygen atoms in total. The van der Waals surface area contributed by atoms with Gasteiger partial charge < -0.3 is 19.3 Å². The van der Waals surface area contributed by atoms with E-state index in [1.165, 1.54) is 33.5 Å². The Labute approximate surface area is 87.9 Å². The summed E-state index contributed by atoms with van der Waals surface area (Å²) in [6.07, 6.45) is 4.39. The molecule has 0 saturated carbocycles. The van der Waals surface area contributed by atoms with Gasteiger partial charge in [0.1, 0.15) is 11.7 Å². The largest absolute Gasteiger partial charge is 0.497 e. The Balaban J connectivity index is 2.98. The van der Waals surface area contributed by atoms with E-state index in [-0.39, 0.29) is 0 Å². The van der Waals surface area contributed by atoms with Gasteiger partial charge in [-0.05, 0) is 6.08 Å². The summed E-state index contributed by atoms with van der Waals surface area (Å²) in [6.45, 7) is 0. The normalized spacial score (nSPS) is 29.6. The van der Waals surface area contributed by atoms with Crippen molar-refractivity contribution in [3.05, 3.63) is 24.0 Å². The Bertz CT molecular complexity index is 307. The van der Waals surface area contributed by atoms with Crippen LogP contribution >= 0.6 is 0 Å². The van der Waals surface area contributed by atoms with E-state index in [1.54, 1.807) is 6.08 Å². The fourth-order valence-electron chi connectivity index (χ4n) is 1.36. The first-order valence-corrected chi connectivity index (χ1v) is 4.37. The van der Waals surface area contributed by atoms with E-state index in [4.69, 9.17) is 9.47 Å². The van der Waals surface area contributed by atoms with Crippen LogP contribution in [0.5, 0.6) is 0 Å². The van der Waals surface area contributed by atoms with E-state index < -0.39 is 17.7 Å². The molecular formula is C10H14O5. The van der Waals surface area contributed by atoms with Gasteiger partial charge in [-0.1, -0.05) is 6.08 Å². The van der Waals surface area contributed by atoms with Crippen molar-refractivity contribution in [2.75, 3.05) is 21.3 Å². The predicted octanol–water partition coefficient (Wildman–Crippen LogP) is 0.211. The summed E-state index contributed by atoms with van der Waals surface area (Å²) in [6, 6.07) is 0. The van der Waals surface area contributed by atoms with Crippen LogP contribution in [-0.2, 0) is 19.0 Å². The van der Waals surface area contributed by atoms with Gasteiger partial charge in [0, 0.05) is 13.2 Å². The molecule has 1 aliphatic carbocycles. The number of ether oxygens (including phenoxy) is 3. The highest BCUT2D eigenvalue weighted by Gasteiger charge is 2.41. The van der Waals surface area contributed by atoms with Gasteiger partial charge in [0.05, 0.1) is 14.2 Å². The van der Waals surface area contributed by atoms with Crippen molar-refractivity contribution in [1.29, 1.82) is 0 Å². The van der Waals surface area contributed by atoms with Gasteiger partial charge in [-0.2, -0.15) is 0 Å². The molecule has 2 atom stereocenters. The van der Waals surface area contributed by atoms with Crippen LogP contribution in [0, 0.1) is 5.92 Å². The second-order valence-corrected chi connectivity index (χ2v) is 3.07. The lowest BCUT2D eigenvalue weighted by atomic mass is 9.93. The van der Waals surface area contributed by atoms with Gasteiger partial charge in [-0.25, -0.2) is 0 Å². The van der Waals surface area contributed by atoms with Gasteiger partial charge in [0.15, 0.2) is 0 Å². The third-order valence-corrected chi connectivity index (χ3v) is 2.27. The summed E-state index contributed by atoms with van der Waals surface area (Å²) < 4.78 is 14.4. The van der Waals surface area contributed by atoms with Crippen LogP contribution in [0.1, 0.15) is 0 Å². The van der Waals surface area contributed by atoms with E-state index >= 15 is 0 Å². The van der Waals surface area contributed by atoms with Crippen LogP contribution in [0.3, 0.4) is 0 Å². The Morgan fingerprint density at radius 2 is 2.13 bits per heavy atom. The van der Waals surface area contributed by atoms with E-state index in [2.05, 4.69) is 4.74 Å². The summed E-state index contributed by atoms with van der Waals surface area (Å²) in [4.78, 5) is 11.4. The number of esters is 1. The second kappa shape index (κ2) is 4.46. The average molecular weight is 214 g/mol. The monoisotopic (exact) mass is 214 g/mol. The Morgan fingerprint density at radius 1 is 1.47 bits per heavy atom. The van der Waals surface area contributed by atoms with Crippen LogP contribution in [-0.4, -0.2) is 38.2 Å². The van der Waals surface area contributed by atoms with Gasteiger partial charge in [0.25, 0.3) is 0 Å². The number of aliphatic hydroxyl groups is 1. The predicted molar refractivity (Wildman–Crippen MR) is 51.7 cm³/mol. The Kier molecular flexibility index (Phi) is 3.49. The number of carbonyl (C=O) groups excluding carboxylic acids is 1. The standard InChI is InChI=1S/C10H14O5/c1-13-7-4-5-8(9(11)14-2)10(12,6-7)15-3/h4-6,8,12H,1-3H3. The average Bonchev–Trinajstić information content (AvgIpc) is 2.27. The van der Waals surface area contributed by atoms with E-state index in [9.17, 15) is 9.90 Å². The highest BCUT2D eigenvalue weighted by Crippen LogP contribution is 2.29. The van der Waals surface area contributed by atoms with Crippen molar-refractivity contribution in [3.8, 4) is 0 Å². The highest BCUT2D eigenvalue weighted by atomic mass is 16.6. The Hall–Kier alpha value is -1.33. The molecule has 0 bridgehead atoms. The fourth-order valence-corrected chi connectivity index (χ4v) is 1.36. The lowest BCUT2D eigenvalue weighted by Crippen LogP contribution is -2.43. The summed E-state index contributed by atoms with van der Waals surface area (Å²) in [5.41, 5.74) is 0. The van der Waals surface area contributed by atoms with Crippen molar-refractivity contribution in [3.63, 3.8) is 0 Å². The lowest BCUT2D eigenvalue weighted by Gasteiger charge is -2.31. The zero-order valence-electron chi connectivity index (χ0n) is 8.89. The zero-order chi connectivity index (χ0) is 11.5. The third-order valence-electron chi connectivity index (χ3n) is 2.27. The molecule has 0 radical (unpaired) electrons. The minimum atomic E-state index is -1.72. The maximum atomic E-state index is 11.4. The van der Waals surface area contributed by atoms with E-state index in [0.29, 0.717) is 5.76 Å². The Morgan fingerprint density at radius 3 is 2.60 bits per heavy atom. The molecule has 0 aromatic heterocycles. The molecule has 1 N–H and O–H groups in total. The molecule has 0 aromatic carbocycles. The van der Waals surface area contributed by atoms with Crippen molar-refractivity contribution >= 4 is 5.97 Å². The minimum absolute atomic E-state index is 0.430. The molecule has 1 rings (SSSR count). The number of hydrogen-bond acceptors (Lipinski definition) is 5. The summed E-state index contributed by atoms with van der Waals surface area (Å²) in [7, 11) is 4.02. The van der Waals surface area contributed by atoms with E-state index in [1.807, 2.05) is 0 Å². The topological polar surface area (TPSA) is 65.0 Å². The van der Waals surface area contributed by atoms with Crippen LogP contribution < -0.4 is 0 Å². The zero-order valence-corrected chi connectivity index (χ0v) is 8.89. The molecule has 0 aliphatic heterocycles. The van der Waals surface area contributed by atoms with Gasteiger partial charge in [-0.15, -0.1) is 0 Å². The molecule has 1 aliphatic rings. The number of carbonyl (C=O) groups is 1. The first kappa shape index (κ1) is 11.7. The van der Waals surface area contributed by atoms with Crippen molar-refractivity contribution < 1.29 is 24.1 Å². The molecule has 84 valence electrons. The second-order valence-electron chi connectivity index (χ2n) is 3.07. The molecule has 0 aromatic rings. The van der Waals surface area contributed by atoms with Crippen LogP contribution in [0.2, 0.25) is 0 Å². The lowest BCUT2D eigenvalue weighted by molar-refractivity contribution is -0.192. The third kappa shape index (κ3) is 2.19. The van der Waals surface area contributed by atoms with Crippen molar-refractivity contribution in [2.45, 2.75) is 5.79 Å². The van der Waals surface area contributed by atoms with Crippen LogP contribution in [0.4, 0.5) is 0 Å². The summed E-state index contributed by atoms with van der Waals surface area (Å²) in [5.74, 6) is -2.74. The summed E-state index contributed by atoms with van der Waals surface area (Å²) >= 11 is 0. The molecule has 15 heavy (non-hydrogen) atoms. The fraction of sp³-hybridized carbons (Fsp3) is 0.500. The maximum Gasteiger partial charge on any atom is 0.318 e. The molecular weight excluding hydrogens is 200 g/mol. The highest BCUT2D eigenvalue weighted by molar-refractivity contribution is 5.76. The molecule has 0 heterocycles. The van der Waals surface area contributed by atoms with Gasteiger partial charge in [-0.3, -0.25) is 4.79 Å². The van der Waals surface area contributed by atoms with Crippen LogP contribution in [0.25, 0.3) is 0 Å². The number of rotatable bonds is 3. The van der Waals surface area contributed by atoms with E-state index in [0.717, 1.165) is 0 Å². The SMILES string of the molecule is COC(=O)C1C=CC(OC)=CC1(O)OC. The first-order valence-electron chi connectivity index (χ1n) is 4.37. The molecule has 5 heteroatoms. The summed E-state index contributed by atoms with van der Waals surface area (Å²) in [5, 5.41) is 10.0. The van der Waals surface area contributed by atoms with Crippen molar-refractivity contribution in [2.24, 2.45) is 5.92 Å². The molecule has 0 fully saturated rings. The van der Waals surface area contributed by atoms with Gasteiger partial charge in [0.2, 0.25) is 5.79 Å². The molecule has 0 saturated heterocycles. The van der Waals surface area contributed by atoms with Crippen LogP contribution in [0.15, 0.2) is 24.0 Å². The van der Waals surface area contributed by atoms with Crippen molar-refractivity contribution in [1.82, 2.24) is 0 Å². The first-order chi connectivity index (χ1) is 7.07. The quantitative estimate of drug-likeness (QED) is 0.537.